The van der Waals surface area contributed by atoms with Crippen molar-refractivity contribution in [2.75, 3.05) is 0 Å². The molecule has 1 saturated carbocycles. The summed E-state index contributed by atoms with van der Waals surface area (Å²) in [4.78, 5) is 0.404. The summed E-state index contributed by atoms with van der Waals surface area (Å²) in [5.74, 6) is 0.154. The molecular formula is C16H21NO2S. The third-order valence-corrected chi connectivity index (χ3v) is 6.92. The van der Waals surface area contributed by atoms with Crippen molar-refractivity contribution in [1.82, 2.24) is 0 Å². The van der Waals surface area contributed by atoms with Crippen LogP contribution in [0, 0.1) is 22.7 Å². The molecule has 0 aliphatic heterocycles. The third-order valence-electron chi connectivity index (χ3n) is 4.63. The Morgan fingerprint density at radius 2 is 1.80 bits per heavy atom. The lowest BCUT2D eigenvalue weighted by atomic mass is 9.72. The van der Waals surface area contributed by atoms with Gasteiger partial charge >= 0.3 is 0 Å². The third kappa shape index (κ3) is 2.88. The molecular weight excluding hydrogens is 270 g/mol. The van der Waals surface area contributed by atoms with Crippen LogP contribution in [-0.4, -0.2) is 13.7 Å². The summed E-state index contributed by atoms with van der Waals surface area (Å²) in [6.07, 6.45) is 3.22. The fraction of sp³-hybridized carbons (Fsp3) is 0.562. The predicted octanol–water partition coefficient (Wildman–Crippen LogP) is 3.57. The van der Waals surface area contributed by atoms with Crippen LogP contribution in [0.4, 0.5) is 0 Å². The number of sulfone groups is 1. The van der Waals surface area contributed by atoms with Crippen LogP contribution >= 0.6 is 0 Å². The highest BCUT2D eigenvalue weighted by atomic mass is 32.2. The molecule has 1 fully saturated rings. The molecule has 108 valence electrons. The first-order chi connectivity index (χ1) is 9.39. The molecule has 1 aromatic rings. The largest absolute Gasteiger partial charge is 0.223 e. The maximum absolute atomic E-state index is 12.6. The van der Waals surface area contributed by atoms with Crippen LogP contribution in [0.25, 0.3) is 0 Å². The van der Waals surface area contributed by atoms with Gasteiger partial charge in [0.05, 0.1) is 21.6 Å². The second kappa shape index (κ2) is 5.57. The van der Waals surface area contributed by atoms with Gasteiger partial charge in [-0.2, -0.15) is 5.26 Å². The molecule has 3 nitrogen and oxygen atoms in total. The minimum atomic E-state index is -3.27. The molecule has 0 saturated heterocycles. The van der Waals surface area contributed by atoms with Gasteiger partial charge in [0.25, 0.3) is 0 Å². The fourth-order valence-electron chi connectivity index (χ4n) is 2.94. The molecule has 1 aliphatic carbocycles. The maximum atomic E-state index is 12.6. The Morgan fingerprint density at radius 3 is 2.30 bits per heavy atom. The Morgan fingerprint density at radius 1 is 1.25 bits per heavy atom. The Kier molecular flexibility index (Phi) is 4.19. The fourth-order valence-corrected chi connectivity index (χ4v) is 4.68. The quantitative estimate of drug-likeness (QED) is 0.855. The molecule has 0 N–H and O–H groups in total. The van der Waals surface area contributed by atoms with Gasteiger partial charge in [-0.25, -0.2) is 8.42 Å². The summed E-state index contributed by atoms with van der Waals surface area (Å²) in [6.45, 7) is 3.78. The maximum Gasteiger partial charge on any atom is 0.181 e. The summed E-state index contributed by atoms with van der Waals surface area (Å²) in [5.41, 5.74) is -0.271. The van der Waals surface area contributed by atoms with Crippen molar-refractivity contribution in [1.29, 1.82) is 5.26 Å². The van der Waals surface area contributed by atoms with Crippen LogP contribution in [-0.2, 0) is 9.84 Å². The lowest BCUT2D eigenvalue weighted by Crippen LogP contribution is -2.33. The molecule has 1 atom stereocenters. The zero-order valence-corrected chi connectivity index (χ0v) is 12.9. The summed E-state index contributed by atoms with van der Waals surface area (Å²) >= 11 is 0. The van der Waals surface area contributed by atoms with Gasteiger partial charge in [-0.3, -0.25) is 0 Å². The van der Waals surface area contributed by atoms with Crippen molar-refractivity contribution in [2.24, 2.45) is 11.3 Å². The minimum absolute atomic E-state index is 0.154. The van der Waals surface area contributed by atoms with Crippen molar-refractivity contribution in [3.63, 3.8) is 0 Å². The van der Waals surface area contributed by atoms with E-state index in [1.807, 2.05) is 19.9 Å². The van der Waals surface area contributed by atoms with Gasteiger partial charge in [-0.05, 0) is 57.6 Å². The minimum Gasteiger partial charge on any atom is -0.223 e. The molecule has 0 bridgehead atoms. The highest BCUT2D eigenvalue weighted by Gasteiger charge is 2.37. The SMILES string of the molecule is CC(C1CCC(C)(C#N)CC1)S(=O)(=O)c1ccccc1. The monoisotopic (exact) mass is 291 g/mol. The van der Waals surface area contributed by atoms with E-state index in [-0.39, 0.29) is 16.6 Å². The van der Waals surface area contributed by atoms with E-state index >= 15 is 0 Å². The van der Waals surface area contributed by atoms with Crippen LogP contribution in [0.15, 0.2) is 35.2 Å². The molecule has 20 heavy (non-hydrogen) atoms. The Balaban J connectivity index is 2.14. The van der Waals surface area contributed by atoms with Gasteiger partial charge in [0.2, 0.25) is 0 Å². The summed E-state index contributed by atoms with van der Waals surface area (Å²) in [7, 11) is -3.27. The van der Waals surface area contributed by atoms with E-state index in [9.17, 15) is 8.42 Å². The molecule has 0 spiro atoms. The summed E-state index contributed by atoms with van der Waals surface area (Å²) in [5, 5.41) is 8.76. The first kappa shape index (κ1) is 15.1. The number of nitrogens with zero attached hydrogens (tertiary/aromatic N) is 1. The van der Waals surface area contributed by atoms with E-state index < -0.39 is 9.84 Å². The number of benzene rings is 1. The number of rotatable bonds is 3. The second-order valence-electron chi connectivity index (χ2n) is 6.07. The average molecular weight is 291 g/mol. The standard InChI is InChI=1S/C16H21NO2S/c1-13(14-8-10-16(2,12-17)11-9-14)20(18,19)15-6-4-3-5-7-15/h3-7,13-14H,8-11H2,1-2H3. The van der Waals surface area contributed by atoms with Gasteiger partial charge in [-0.15, -0.1) is 0 Å². The first-order valence-corrected chi connectivity index (χ1v) is 8.64. The second-order valence-corrected chi connectivity index (χ2v) is 8.38. The van der Waals surface area contributed by atoms with Crippen molar-refractivity contribution in [3.8, 4) is 6.07 Å². The highest BCUT2D eigenvalue weighted by molar-refractivity contribution is 7.92. The molecule has 0 aromatic heterocycles. The van der Waals surface area contributed by atoms with Crippen molar-refractivity contribution in [3.05, 3.63) is 30.3 Å². The van der Waals surface area contributed by atoms with Crippen LogP contribution in [0.5, 0.6) is 0 Å². The lowest BCUT2D eigenvalue weighted by molar-refractivity contribution is 0.226. The molecule has 1 aliphatic rings. The van der Waals surface area contributed by atoms with Gasteiger partial charge in [0.15, 0.2) is 9.84 Å². The summed E-state index contributed by atoms with van der Waals surface area (Å²) in [6, 6.07) is 11.0. The number of hydrogen-bond acceptors (Lipinski definition) is 3. The van der Waals surface area contributed by atoms with Crippen LogP contribution in [0.3, 0.4) is 0 Å². The van der Waals surface area contributed by atoms with E-state index in [0.717, 1.165) is 25.7 Å². The van der Waals surface area contributed by atoms with E-state index in [4.69, 9.17) is 5.26 Å². The summed E-state index contributed by atoms with van der Waals surface area (Å²) < 4.78 is 25.2. The van der Waals surface area contributed by atoms with Crippen LogP contribution in [0.1, 0.15) is 39.5 Å². The van der Waals surface area contributed by atoms with E-state index in [1.165, 1.54) is 0 Å². The molecule has 1 unspecified atom stereocenters. The van der Waals surface area contributed by atoms with E-state index in [0.29, 0.717) is 4.90 Å². The predicted molar refractivity (Wildman–Crippen MR) is 78.8 cm³/mol. The zero-order valence-electron chi connectivity index (χ0n) is 12.0. The molecule has 2 rings (SSSR count). The Hall–Kier alpha value is -1.34. The lowest BCUT2D eigenvalue weighted by Gasteiger charge is -2.34. The Bertz CT molecular complexity index is 593. The van der Waals surface area contributed by atoms with Crippen molar-refractivity contribution >= 4 is 9.84 Å². The van der Waals surface area contributed by atoms with Crippen molar-refractivity contribution in [2.45, 2.75) is 49.7 Å². The topological polar surface area (TPSA) is 57.9 Å². The molecule has 0 amide bonds. The first-order valence-electron chi connectivity index (χ1n) is 7.09. The number of nitriles is 1. The molecule has 0 heterocycles. The average Bonchev–Trinajstić information content (AvgIpc) is 2.48. The highest BCUT2D eigenvalue weighted by Crippen LogP contribution is 2.41. The van der Waals surface area contributed by atoms with Gasteiger partial charge in [0.1, 0.15) is 0 Å². The van der Waals surface area contributed by atoms with Gasteiger partial charge in [-0.1, -0.05) is 18.2 Å². The zero-order chi connectivity index (χ0) is 14.8. The smallest absolute Gasteiger partial charge is 0.181 e. The normalized spacial score (nSPS) is 28.6. The van der Waals surface area contributed by atoms with Crippen molar-refractivity contribution < 1.29 is 8.42 Å². The van der Waals surface area contributed by atoms with Crippen LogP contribution in [0.2, 0.25) is 0 Å². The van der Waals surface area contributed by atoms with Crippen LogP contribution < -0.4 is 0 Å². The molecule has 0 radical (unpaired) electrons. The van der Waals surface area contributed by atoms with E-state index in [2.05, 4.69) is 6.07 Å². The molecule has 4 heteroatoms. The number of hydrogen-bond donors (Lipinski definition) is 0. The Labute approximate surface area is 121 Å². The van der Waals surface area contributed by atoms with E-state index in [1.54, 1.807) is 24.3 Å². The van der Waals surface area contributed by atoms with Gasteiger partial charge in [0, 0.05) is 0 Å². The molecule has 1 aromatic carbocycles. The van der Waals surface area contributed by atoms with Gasteiger partial charge < -0.3 is 0 Å².